The van der Waals surface area contributed by atoms with Crippen LogP contribution in [-0.2, 0) is 9.59 Å². The number of nitrogens with one attached hydrogen (secondary N) is 3. The summed E-state index contributed by atoms with van der Waals surface area (Å²) in [6.45, 7) is 3.24. The number of hydrogen-bond acceptors (Lipinski definition) is 2. The molecule has 0 saturated carbocycles. The van der Waals surface area contributed by atoms with Gasteiger partial charge in [-0.1, -0.05) is 37.3 Å². The van der Waals surface area contributed by atoms with E-state index >= 15 is 0 Å². The molecule has 2 aromatic rings. The van der Waals surface area contributed by atoms with Gasteiger partial charge < -0.3 is 15.5 Å². The summed E-state index contributed by atoms with van der Waals surface area (Å²) in [7, 11) is 1.84. The summed E-state index contributed by atoms with van der Waals surface area (Å²) in [5.74, 6) is -0.121. The van der Waals surface area contributed by atoms with E-state index in [-0.39, 0.29) is 18.4 Å². The Hall–Kier alpha value is -2.40. The summed E-state index contributed by atoms with van der Waals surface area (Å²) < 4.78 is 0. The van der Waals surface area contributed by atoms with Crippen molar-refractivity contribution in [1.29, 1.82) is 0 Å². The minimum absolute atomic E-state index is 0.0251. The van der Waals surface area contributed by atoms with Crippen LogP contribution in [0, 0.1) is 0 Å². The van der Waals surface area contributed by atoms with E-state index in [0.717, 1.165) is 27.8 Å². The fourth-order valence-corrected chi connectivity index (χ4v) is 2.41. The van der Waals surface area contributed by atoms with Crippen LogP contribution in [0.15, 0.2) is 42.5 Å². The number of benzene rings is 2. The second-order valence-electron chi connectivity index (χ2n) is 5.77. The molecule has 5 heteroatoms. The highest BCUT2D eigenvalue weighted by Gasteiger charge is 2.14. The van der Waals surface area contributed by atoms with Crippen molar-refractivity contribution in [2.24, 2.45) is 0 Å². The predicted molar refractivity (Wildman–Crippen MR) is 92.5 cm³/mol. The Balaban J connectivity index is 1.86. The largest absolute Gasteiger partial charge is 0.351 e. The van der Waals surface area contributed by atoms with Gasteiger partial charge in [-0.3, -0.25) is 9.59 Å². The quantitative estimate of drug-likeness (QED) is 0.708. The van der Waals surface area contributed by atoms with Crippen LogP contribution < -0.4 is 15.5 Å². The van der Waals surface area contributed by atoms with Gasteiger partial charge in [0, 0.05) is 12.2 Å². The third-order valence-electron chi connectivity index (χ3n) is 3.53. The van der Waals surface area contributed by atoms with Gasteiger partial charge in [0.05, 0.1) is 7.05 Å². The third kappa shape index (κ3) is 5.38. The molecule has 0 radical (unpaired) electrons. The maximum absolute atomic E-state index is 12.1. The van der Waals surface area contributed by atoms with Crippen LogP contribution in [0.25, 0.3) is 10.8 Å². The van der Waals surface area contributed by atoms with Gasteiger partial charge in [0.1, 0.15) is 0 Å². The molecule has 0 heterocycles. The zero-order valence-corrected chi connectivity index (χ0v) is 13.7. The van der Waals surface area contributed by atoms with Crippen LogP contribution in [0.1, 0.15) is 13.3 Å². The average molecular weight is 314 g/mol. The minimum atomic E-state index is -0.0962. The maximum atomic E-state index is 12.1. The Morgan fingerprint density at radius 3 is 2.43 bits per heavy atom. The van der Waals surface area contributed by atoms with Crippen molar-refractivity contribution in [3.63, 3.8) is 0 Å². The van der Waals surface area contributed by atoms with Gasteiger partial charge in [0.25, 0.3) is 11.8 Å². The number of likely N-dealkylation sites (N-methyl/N-ethyl adjacent to an activating group) is 1. The van der Waals surface area contributed by atoms with E-state index in [1.165, 1.54) is 0 Å². The van der Waals surface area contributed by atoms with Crippen molar-refractivity contribution in [2.75, 3.05) is 32.0 Å². The van der Waals surface area contributed by atoms with Crippen LogP contribution in [0.5, 0.6) is 0 Å². The first-order chi connectivity index (χ1) is 11.1. The molecule has 5 nitrogen and oxygen atoms in total. The number of amides is 2. The molecule has 0 aliphatic heterocycles. The molecular weight excluding hydrogens is 290 g/mol. The Bertz CT molecular complexity index is 685. The van der Waals surface area contributed by atoms with Crippen LogP contribution >= 0.6 is 0 Å². The molecular formula is C18H24N3O2+. The minimum Gasteiger partial charge on any atom is -0.351 e. The lowest BCUT2D eigenvalue weighted by Crippen LogP contribution is -3.11. The second kappa shape index (κ2) is 8.29. The average Bonchev–Trinajstić information content (AvgIpc) is 2.52. The molecule has 0 fully saturated rings. The van der Waals surface area contributed by atoms with Crippen molar-refractivity contribution < 1.29 is 14.5 Å². The summed E-state index contributed by atoms with van der Waals surface area (Å²) in [5.41, 5.74) is 0.775. The van der Waals surface area contributed by atoms with Crippen molar-refractivity contribution in [3.05, 3.63) is 42.5 Å². The van der Waals surface area contributed by atoms with Crippen LogP contribution in [0.4, 0.5) is 5.69 Å². The van der Waals surface area contributed by atoms with E-state index < -0.39 is 0 Å². The third-order valence-corrected chi connectivity index (χ3v) is 3.53. The fraction of sp³-hybridized carbons (Fsp3) is 0.333. The molecule has 3 N–H and O–H groups in total. The first-order valence-corrected chi connectivity index (χ1v) is 7.95. The number of hydrogen-bond donors (Lipinski definition) is 3. The zero-order valence-electron chi connectivity index (χ0n) is 13.7. The molecule has 0 spiro atoms. The second-order valence-corrected chi connectivity index (χ2v) is 5.77. The molecule has 23 heavy (non-hydrogen) atoms. The molecule has 0 aliphatic carbocycles. The summed E-state index contributed by atoms with van der Waals surface area (Å²) in [5, 5.41) is 7.93. The Labute approximate surface area is 136 Å². The first-order valence-electron chi connectivity index (χ1n) is 7.95. The molecule has 2 rings (SSSR count). The molecule has 0 saturated heterocycles. The van der Waals surface area contributed by atoms with Crippen LogP contribution in [0.3, 0.4) is 0 Å². The summed E-state index contributed by atoms with van der Waals surface area (Å²) in [4.78, 5) is 24.6. The van der Waals surface area contributed by atoms with Gasteiger partial charge in [-0.2, -0.15) is 0 Å². The fourth-order valence-electron chi connectivity index (χ4n) is 2.41. The molecule has 1 unspecified atom stereocenters. The number of carbonyl (C=O) groups is 2. The molecule has 0 aromatic heterocycles. The van der Waals surface area contributed by atoms with Crippen molar-refractivity contribution >= 4 is 28.3 Å². The topological polar surface area (TPSA) is 62.6 Å². The number of rotatable bonds is 7. The smallest absolute Gasteiger partial charge is 0.279 e. The van der Waals surface area contributed by atoms with Gasteiger partial charge in [-0.05, 0) is 29.3 Å². The zero-order chi connectivity index (χ0) is 16.7. The molecule has 2 amide bonds. The van der Waals surface area contributed by atoms with Gasteiger partial charge in [0.2, 0.25) is 0 Å². The standard InChI is InChI=1S/C18H23N3O2/c1-3-10-19-17(22)12-21(2)13-18(23)20-16-9-8-14-6-4-5-7-15(14)11-16/h4-9,11H,3,10,12-13H2,1-2H3,(H,19,22)(H,20,23)/p+1. The van der Waals surface area contributed by atoms with E-state index in [4.69, 9.17) is 0 Å². The highest BCUT2D eigenvalue weighted by molar-refractivity contribution is 5.94. The van der Waals surface area contributed by atoms with Crippen LogP contribution in [0.2, 0.25) is 0 Å². The van der Waals surface area contributed by atoms with Crippen molar-refractivity contribution in [3.8, 4) is 0 Å². The van der Waals surface area contributed by atoms with Crippen molar-refractivity contribution in [1.82, 2.24) is 5.32 Å². The number of carbonyl (C=O) groups excluding carboxylic acids is 2. The van der Waals surface area contributed by atoms with E-state index in [9.17, 15) is 9.59 Å². The summed E-state index contributed by atoms with van der Waals surface area (Å²) >= 11 is 0. The molecule has 122 valence electrons. The predicted octanol–water partition coefficient (Wildman–Crippen LogP) is 0.819. The number of quaternary nitrogens is 1. The van der Waals surface area contributed by atoms with Crippen molar-refractivity contribution in [2.45, 2.75) is 13.3 Å². The highest BCUT2D eigenvalue weighted by Crippen LogP contribution is 2.18. The van der Waals surface area contributed by atoms with Gasteiger partial charge in [-0.25, -0.2) is 0 Å². The Morgan fingerprint density at radius 1 is 1.00 bits per heavy atom. The van der Waals surface area contributed by atoms with Crippen LogP contribution in [-0.4, -0.2) is 38.5 Å². The number of anilines is 1. The lowest BCUT2D eigenvalue weighted by molar-refractivity contribution is -0.862. The molecule has 2 aromatic carbocycles. The highest BCUT2D eigenvalue weighted by atomic mass is 16.2. The first kappa shape index (κ1) is 17.0. The molecule has 0 aliphatic rings. The van der Waals surface area contributed by atoms with E-state index in [1.54, 1.807) is 0 Å². The summed E-state index contributed by atoms with van der Waals surface area (Å²) in [6.07, 6.45) is 0.910. The van der Waals surface area contributed by atoms with E-state index in [0.29, 0.717) is 13.1 Å². The molecule has 0 bridgehead atoms. The Morgan fingerprint density at radius 2 is 1.70 bits per heavy atom. The lowest BCUT2D eigenvalue weighted by atomic mass is 10.1. The van der Waals surface area contributed by atoms with Gasteiger partial charge in [0.15, 0.2) is 13.1 Å². The van der Waals surface area contributed by atoms with Gasteiger partial charge in [-0.15, -0.1) is 0 Å². The summed E-state index contributed by atoms with van der Waals surface area (Å²) in [6, 6.07) is 13.8. The monoisotopic (exact) mass is 314 g/mol. The van der Waals surface area contributed by atoms with Gasteiger partial charge >= 0.3 is 0 Å². The van der Waals surface area contributed by atoms with E-state index in [1.807, 2.05) is 56.4 Å². The SMILES string of the molecule is CCCNC(=O)C[NH+](C)CC(=O)Nc1ccc2ccccc2c1. The van der Waals surface area contributed by atoms with E-state index in [2.05, 4.69) is 10.6 Å². The number of fused-ring (bicyclic) bond motifs is 1. The molecule has 1 atom stereocenters. The Kier molecular flexibility index (Phi) is 6.11. The normalized spacial score (nSPS) is 11.9. The lowest BCUT2D eigenvalue weighted by Gasteiger charge is -2.13. The maximum Gasteiger partial charge on any atom is 0.279 e.